The highest BCUT2D eigenvalue weighted by molar-refractivity contribution is 5.95. The Morgan fingerprint density at radius 3 is 2.24 bits per heavy atom. The van der Waals surface area contributed by atoms with Gasteiger partial charge in [-0.1, -0.05) is 36.4 Å². The maximum absolute atomic E-state index is 13.8. The Kier molecular flexibility index (Phi) is 8.13. The van der Waals surface area contributed by atoms with E-state index in [0.717, 1.165) is 0 Å². The summed E-state index contributed by atoms with van der Waals surface area (Å²) in [6, 6.07) is 19.1. The highest BCUT2D eigenvalue weighted by atomic mass is 19.1. The van der Waals surface area contributed by atoms with Gasteiger partial charge >= 0.3 is 6.16 Å². The maximum Gasteiger partial charge on any atom is 0.513 e. The van der Waals surface area contributed by atoms with Gasteiger partial charge in [-0.25, -0.2) is 9.18 Å². The molecule has 0 heterocycles. The molecule has 0 saturated carbocycles. The van der Waals surface area contributed by atoms with Crippen molar-refractivity contribution >= 4 is 23.7 Å². The van der Waals surface area contributed by atoms with Gasteiger partial charge in [-0.15, -0.1) is 0 Å². The predicted molar refractivity (Wildman–Crippen MR) is 120 cm³/mol. The fourth-order valence-electron chi connectivity index (χ4n) is 3.00. The summed E-state index contributed by atoms with van der Waals surface area (Å²) in [6.45, 7) is 2.03. The second kappa shape index (κ2) is 11.4. The van der Waals surface area contributed by atoms with E-state index < -0.39 is 12.0 Å². The molecular weight excluding hydrogens is 427 g/mol. The third-order valence-electron chi connectivity index (χ3n) is 4.62. The second-order valence-corrected chi connectivity index (χ2v) is 6.97. The van der Waals surface area contributed by atoms with Crippen LogP contribution in [0.1, 0.15) is 28.4 Å². The fraction of sp³-hybridized carbons (Fsp3) is 0.160. The zero-order valence-electron chi connectivity index (χ0n) is 18.0. The van der Waals surface area contributed by atoms with Gasteiger partial charge in [0.2, 0.25) is 5.91 Å². The molecule has 170 valence electrons. The summed E-state index contributed by atoms with van der Waals surface area (Å²) >= 11 is 0. The number of para-hydroxylation sites is 1. The first-order valence-electron chi connectivity index (χ1n) is 10.3. The van der Waals surface area contributed by atoms with E-state index >= 15 is 0 Å². The van der Waals surface area contributed by atoms with Gasteiger partial charge < -0.3 is 20.1 Å². The van der Waals surface area contributed by atoms with Crippen molar-refractivity contribution in [3.63, 3.8) is 0 Å². The van der Waals surface area contributed by atoms with E-state index in [0.29, 0.717) is 22.4 Å². The van der Waals surface area contributed by atoms with Crippen LogP contribution in [-0.4, -0.2) is 24.6 Å². The number of hydrogen-bond donors (Lipinski definition) is 2. The highest BCUT2D eigenvalue weighted by Crippen LogP contribution is 2.17. The summed E-state index contributed by atoms with van der Waals surface area (Å²) in [6.07, 6.45) is -0.920. The van der Waals surface area contributed by atoms with Crippen LogP contribution < -0.4 is 15.4 Å². The first-order chi connectivity index (χ1) is 16.0. The molecule has 7 nitrogen and oxygen atoms in total. The Bertz CT molecular complexity index is 1130. The van der Waals surface area contributed by atoms with Crippen LogP contribution in [0.25, 0.3) is 0 Å². The van der Waals surface area contributed by atoms with Crippen LogP contribution in [0.4, 0.5) is 14.9 Å². The molecule has 2 amide bonds. The molecular formula is C25H23FN2O5. The maximum atomic E-state index is 13.8. The number of carbonyl (C=O) groups excluding carboxylic acids is 3. The third-order valence-corrected chi connectivity index (χ3v) is 4.62. The van der Waals surface area contributed by atoms with Crippen molar-refractivity contribution in [2.24, 2.45) is 0 Å². The summed E-state index contributed by atoms with van der Waals surface area (Å²) in [7, 11) is 0. The zero-order valence-corrected chi connectivity index (χ0v) is 18.0. The van der Waals surface area contributed by atoms with E-state index in [2.05, 4.69) is 10.6 Å². The number of carbonyl (C=O) groups is 3. The minimum atomic E-state index is -0.816. The number of rotatable bonds is 8. The lowest BCUT2D eigenvalue weighted by Gasteiger charge is -2.12. The van der Waals surface area contributed by atoms with Gasteiger partial charge in [-0.05, 0) is 54.4 Å². The number of halogens is 1. The van der Waals surface area contributed by atoms with Crippen LogP contribution in [0.2, 0.25) is 0 Å². The Hall–Kier alpha value is -4.20. The van der Waals surface area contributed by atoms with Gasteiger partial charge in [0, 0.05) is 17.8 Å². The van der Waals surface area contributed by atoms with E-state index in [9.17, 15) is 18.8 Å². The van der Waals surface area contributed by atoms with Crippen molar-refractivity contribution in [1.82, 2.24) is 5.32 Å². The molecule has 0 radical (unpaired) electrons. The Labute approximate surface area is 190 Å². The molecule has 8 heteroatoms. The zero-order chi connectivity index (χ0) is 23.6. The number of amides is 2. The molecule has 0 aromatic heterocycles. The average molecular weight is 450 g/mol. The highest BCUT2D eigenvalue weighted by Gasteiger charge is 2.12. The van der Waals surface area contributed by atoms with Gasteiger partial charge in [-0.2, -0.15) is 0 Å². The van der Waals surface area contributed by atoms with E-state index in [4.69, 9.17) is 9.47 Å². The molecule has 3 aromatic carbocycles. The van der Waals surface area contributed by atoms with Gasteiger partial charge in [-0.3, -0.25) is 9.59 Å². The summed E-state index contributed by atoms with van der Waals surface area (Å²) in [5, 5.41) is 5.55. The summed E-state index contributed by atoms with van der Waals surface area (Å²) in [5.74, 6) is -0.888. The SMILES string of the molecule is CCOC(=O)Oc1ccc(C(=O)NCc2ccccc2NC(=O)Cc2ccccc2F)cc1. The first kappa shape index (κ1) is 23.5. The lowest BCUT2D eigenvalue weighted by Crippen LogP contribution is -2.24. The molecule has 33 heavy (non-hydrogen) atoms. The van der Waals surface area contributed by atoms with E-state index in [1.54, 1.807) is 49.4 Å². The van der Waals surface area contributed by atoms with E-state index in [1.165, 1.54) is 30.3 Å². The molecule has 0 saturated heterocycles. The summed E-state index contributed by atoms with van der Waals surface area (Å²) < 4.78 is 23.5. The van der Waals surface area contributed by atoms with Crippen LogP contribution in [-0.2, 0) is 22.5 Å². The van der Waals surface area contributed by atoms with Crippen LogP contribution in [0.15, 0.2) is 72.8 Å². The molecule has 2 N–H and O–H groups in total. The number of ether oxygens (including phenoxy) is 2. The molecule has 0 aliphatic heterocycles. The van der Waals surface area contributed by atoms with Crippen LogP contribution in [0.3, 0.4) is 0 Å². The largest absolute Gasteiger partial charge is 0.513 e. The molecule has 0 fully saturated rings. The van der Waals surface area contributed by atoms with Gasteiger partial charge in [0.15, 0.2) is 0 Å². The Balaban J connectivity index is 1.58. The second-order valence-electron chi connectivity index (χ2n) is 6.97. The van der Waals surface area contributed by atoms with E-state index in [-0.39, 0.29) is 37.1 Å². The number of benzene rings is 3. The van der Waals surface area contributed by atoms with Crippen LogP contribution in [0.5, 0.6) is 5.75 Å². The monoisotopic (exact) mass is 450 g/mol. The van der Waals surface area contributed by atoms with Gasteiger partial charge in [0.05, 0.1) is 13.0 Å². The third kappa shape index (κ3) is 6.90. The number of anilines is 1. The number of hydrogen-bond acceptors (Lipinski definition) is 5. The summed E-state index contributed by atoms with van der Waals surface area (Å²) in [4.78, 5) is 36.2. The lowest BCUT2D eigenvalue weighted by molar-refractivity contribution is -0.115. The standard InChI is InChI=1S/C25H23FN2O5/c1-2-32-25(31)33-20-13-11-17(12-14-20)24(30)27-16-19-8-4-6-10-22(19)28-23(29)15-18-7-3-5-9-21(18)26/h3-14H,2,15-16H2,1H3,(H,27,30)(H,28,29). The molecule has 0 aliphatic carbocycles. The topological polar surface area (TPSA) is 93.7 Å². The lowest BCUT2D eigenvalue weighted by atomic mass is 10.1. The molecule has 3 aromatic rings. The van der Waals surface area contributed by atoms with Crippen molar-refractivity contribution in [2.75, 3.05) is 11.9 Å². The van der Waals surface area contributed by atoms with Gasteiger partial charge in [0.25, 0.3) is 5.91 Å². The molecule has 3 rings (SSSR count). The van der Waals surface area contributed by atoms with Crippen molar-refractivity contribution in [1.29, 1.82) is 0 Å². The van der Waals surface area contributed by atoms with Crippen molar-refractivity contribution in [3.05, 3.63) is 95.3 Å². The summed E-state index contributed by atoms with van der Waals surface area (Å²) in [5.41, 5.74) is 1.88. The minimum absolute atomic E-state index is 0.104. The molecule has 0 spiro atoms. The van der Waals surface area contributed by atoms with Crippen molar-refractivity contribution in [2.45, 2.75) is 19.9 Å². The van der Waals surface area contributed by atoms with Crippen molar-refractivity contribution < 1.29 is 28.2 Å². The van der Waals surface area contributed by atoms with Gasteiger partial charge in [0.1, 0.15) is 11.6 Å². The minimum Gasteiger partial charge on any atom is -0.434 e. The fourth-order valence-corrected chi connectivity index (χ4v) is 3.00. The quantitative estimate of drug-likeness (QED) is 0.390. The molecule has 0 aliphatic rings. The van der Waals surface area contributed by atoms with Crippen LogP contribution >= 0.6 is 0 Å². The first-order valence-corrected chi connectivity index (χ1v) is 10.3. The molecule has 0 atom stereocenters. The van der Waals surface area contributed by atoms with E-state index in [1.807, 2.05) is 0 Å². The Morgan fingerprint density at radius 1 is 0.879 bits per heavy atom. The predicted octanol–water partition coefficient (Wildman–Crippen LogP) is 4.47. The van der Waals surface area contributed by atoms with Crippen LogP contribution in [0, 0.1) is 5.82 Å². The van der Waals surface area contributed by atoms with Crippen molar-refractivity contribution in [3.8, 4) is 5.75 Å². The normalized spacial score (nSPS) is 10.2. The Morgan fingerprint density at radius 2 is 1.55 bits per heavy atom. The smallest absolute Gasteiger partial charge is 0.434 e. The molecule has 0 bridgehead atoms. The average Bonchev–Trinajstić information content (AvgIpc) is 2.80. The molecule has 0 unspecified atom stereocenters. The number of nitrogens with one attached hydrogen (secondary N) is 2.